The van der Waals surface area contributed by atoms with Gasteiger partial charge >= 0.3 is 11.9 Å². The summed E-state index contributed by atoms with van der Waals surface area (Å²) < 4.78 is 10.2. The molecule has 0 aromatic heterocycles. The SMILES string of the molecule is CC1(C)OC(=O)C(=Cc2cc([N+](=O)[O-])ccc2SCc2ccc(Cl)cc2)C(=O)O1. The number of ether oxygens (including phenoxy) is 2. The number of thioether (sulfide) groups is 1. The molecule has 0 atom stereocenters. The zero-order valence-corrected chi connectivity index (χ0v) is 17.1. The van der Waals surface area contributed by atoms with Gasteiger partial charge in [0.15, 0.2) is 0 Å². The number of hydrogen-bond donors (Lipinski definition) is 0. The van der Waals surface area contributed by atoms with Gasteiger partial charge in [0.1, 0.15) is 5.57 Å². The van der Waals surface area contributed by atoms with E-state index in [0.717, 1.165) is 5.56 Å². The summed E-state index contributed by atoms with van der Waals surface area (Å²) in [6.07, 6.45) is 1.26. The number of nitro groups is 1. The summed E-state index contributed by atoms with van der Waals surface area (Å²) in [5.41, 5.74) is 0.861. The Morgan fingerprint density at radius 3 is 2.31 bits per heavy atom. The first-order chi connectivity index (χ1) is 13.6. The van der Waals surface area contributed by atoms with Crippen LogP contribution in [0, 0.1) is 10.1 Å². The Morgan fingerprint density at radius 2 is 1.72 bits per heavy atom. The summed E-state index contributed by atoms with van der Waals surface area (Å²) in [5.74, 6) is -2.48. The fraction of sp³-hybridized carbons (Fsp3) is 0.200. The number of hydrogen-bond acceptors (Lipinski definition) is 7. The second kappa shape index (κ2) is 8.26. The smallest absolute Gasteiger partial charge is 0.348 e. The molecule has 9 heteroatoms. The topological polar surface area (TPSA) is 95.7 Å². The van der Waals surface area contributed by atoms with Gasteiger partial charge in [-0.25, -0.2) is 9.59 Å². The van der Waals surface area contributed by atoms with Crippen LogP contribution in [0.15, 0.2) is 52.9 Å². The van der Waals surface area contributed by atoms with Crippen LogP contribution >= 0.6 is 23.4 Å². The number of halogens is 1. The highest BCUT2D eigenvalue weighted by atomic mass is 35.5. The molecule has 2 aromatic rings. The number of non-ortho nitro benzene ring substituents is 1. The molecule has 0 saturated carbocycles. The zero-order valence-electron chi connectivity index (χ0n) is 15.5. The highest BCUT2D eigenvalue weighted by molar-refractivity contribution is 7.98. The molecule has 2 aromatic carbocycles. The number of nitrogens with zero attached hydrogens (tertiary/aromatic N) is 1. The molecular formula is C20H16ClNO6S. The van der Waals surface area contributed by atoms with Gasteiger partial charge in [-0.05, 0) is 35.4 Å². The molecule has 3 rings (SSSR count). The normalized spacial score (nSPS) is 15.5. The summed E-state index contributed by atoms with van der Waals surface area (Å²) in [5, 5.41) is 11.8. The van der Waals surface area contributed by atoms with Gasteiger partial charge in [-0.2, -0.15) is 0 Å². The van der Waals surface area contributed by atoms with Crippen molar-refractivity contribution in [3.63, 3.8) is 0 Å². The Balaban J connectivity index is 1.94. The second-order valence-corrected chi connectivity index (χ2v) is 8.08. The molecule has 1 aliphatic heterocycles. The van der Waals surface area contributed by atoms with E-state index < -0.39 is 22.6 Å². The molecule has 0 unspecified atom stereocenters. The average Bonchev–Trinajstić information content (AvgIpc) is 2.64. The Labute approximate surface area is 175 Å². The van der Waals surface area contributed by atoms with Crippen LogP contribution in [0.5, 0.6) is 0 Å². The molecule has 0 N–H and O–H groups in total. The van der Waals surface area contributed by atoms with E-state index in [2.05, 4.69) is 0 Å². The van der Waals surface area contributed by atoms with Gasteiger partial charge in [-0.15, -0.1) is 11.8 Å². The standard InChI is InChI=1S/C20H16ClNO6S/c1-20(2)27-18(23)16(19(24)28-20)10-13-9-15(22(25)26)7-8-17(13)29-11-12-3-5-14(21)6-4-12/h3-10H,11H2,1-2H3. The Hall–Kier alpha value is -2.84. The molecule has 150 valence electrons. The highest BCUT2D eigenvalue weighted by Crippen LogP contribution is 2.32. The lowest BCUT2D eigenvalue weighted by molar-refractivity contribution is -0.384. The third-order valence-electron chi connectivity index (χ3n) is 3.93. The van der Waals surface area contributed by atoms with Crippen LogP contribution < -0.4 is 0 Å². The summed E-state index contributed by atoms with van der Waals surface area (Å²) in [7, 11) is 0. The second-order valence-electron chi connectivity index (χ2n) is 6.63. The number of benzene rings is 2. The summed E-state index contributed by atoms with van der Waals surface area (Å²) >= 11 is 7.29. The van der Waals surface area contributed by atoms with E-state index in [0.29, 0.717) is 21.2 Å². The van der Waals surface area contributed by atoms with Crippen molar-refractivity contribution in [3.05, 3.63) is 74.3 Å². The molecule has 1 aliphatic rings. The fourth-order valence-electron chi connectivity index (χ4n) is 2.57. The lowest BCUT2D eigenvalue weighted by atomic mass is 10.1. The van der Waals surface area contributed by atoms with Crippen molar-refractivity contribution >= 4 is 47.1 Å². The molecule has 0 amide bonds. The van der Waals surface area contributed by atoms with E-state index in [4.69, 9.17) is 21.1 Å². The molecule has 1 fully saturated rings. The number of esters is 2. The van der Waals surface area contributed by atoms with Crippen molar-refractivity contribution < 1.29 is 24.0 Å². The molecule has 0 aliphatic carbocycles. The van der Waals surface area contributed by atoms with E-state index in [1.165, 1.54) is 43.8 Å². The van der Waals surface area contributed by atoms with Crippen molar-refractivity contribution in [2.24, 2.45) is 0 Å². The van der Waals surface area contributed by atoms with Crippen molar-refractivity contribution in [2.75, 3.05) is 0 Å². The summed E-state index contributed by atoms with van der Waals surface area (Å²) in [6, 6.07) is 11.5. The summed E-state index contributed by atoms with van der Waals surface area (Å²) in [6.45, 7) is 2.89. The number of carbonyl (C=O) groups is 2. The van der Waals surface area contributed by atoms with E-state index >= 15 is 0 Å². The Kier molecular flexibility index (Phi) is 5.95. The molecular weight excluding hydrogens is 418 g/mol. The molecule has 1 heterocycles. The average molecular weight is 434 g/mol. The van der Waals surface area contributed by atoms with Gasteiger partial charge < -0.3 is 9.47 Å². The number of carbonyl (C=O) groups excluding carboxylic acids is 2. The van der Waals surface area contributed by atoms with Gasteiger partial charge in [0.2, 0.25) is 0 Å². The lowest BCUT2D eigenvalue weighted by Gasteiger charge is -2.29. The monoisotopic (exact) mass is 433 g/mol. The van der Waals surface area contributed by atoms with E-state index in [1.54, 1.807) is 18.2 Å². The zero-order chi connectivity index (χ0) is 21.2. The summed E-state index contributed by atoms with van der Waals surface area (Å²) in [4.78, 5) is 35.7. The first-order valence-corrected chi connectivity index (χ1v) is 9.85. The van der Waals surface area contributed by atoms with Gasteiger partial charge in [-0.1, -0.05) is 23.7 Å². The van der Waals surface area contributed by atoms with Crippen molar-refractivity contribution in [2.45, 2.75) is 30.3 Å². The van der Waals surface area contributed by atoms with E-state index in [1.807, 2.05) is 12.1 Å². The first kappa shape index (κ1) is 20.9. The predicted octanol–water partition coefficient (Wildman–Crippen LogP) is 4.76. The minimum absolute atomic E-state index is 0.162. The van der Waals surface area contributed by atoms with Gasteiger partial charge in [-0.3, -0.25) is 10.1 Å². The van der Waals surface area contributed by atoms with Crippen LogP contribution in [0.4, 0.5) is 5.69 Å². The molecule has 1 saturated heterocycles. The molecule has 0 bridgehead atoms. The maximum absolute atomic E-state index is 12.2. The largest absolute Gasteiger partial charge is 0.419 e. The number of rotatable bonds is 5. The van der Waals surface area contributed by atoms with Gasteiger partial charge in [0.05, 0.1) is 4.92 Å². The molecule has 7 nitrogen and oxygen atoms in total. The van der Waals surface area contributed by atoms with Crippen LogP contribution in [0.2, 0.25) is 5.02 Å². The van der Waals surface area contributed by atoms with Crippen LogP contribution in [0.1, 0.15) is 25.0 Å². The van der Waals surface area contributed by atoms with Crippen LogP contribution in [0.3, 0.4) is 0 Å². The third kappa shape index (κ3) is 5.16. The van der Waals surface area contributed by atoms with Crippen LogP contribution in [-0.4, -0.2) is 22.6 Å². The third-order valence-corrected chi connectivity index (χ3v) is 5.34. The van der Waals surface area contributed by atoms with Crippen molar-refractivity contribution in [3.8, 4) is 0 Å². The fourth-order valence-corrected chi connectivity index (χ4v) is 3.66. The number of cyclic esters (lactones) is 2. The molecule has 0 spiro atoms. The minimum atomic E-state index is -1.36. The maximum atomic E-state index is 12.2. The number of nitro benzene ring substituents is 1. The Morgan fingerprint density at radius 1 is 1.10 bits per heavy atom. The highest BCUT2D eigenvalue weighted by Gasteiger charge is 2.39. The van der Waals surface area contributed by atoms with Crippen molar-refractivity contribution in [1.29, 1.82) is 0 Å². The van der Waals surface area contributed by atoms with Crippen molar-refractivity contribution in [1.82, 2.24) is 0 Å². The minimum Gasteiger partial charge on any atom is -0.419 e. The molecule has 0 radical (unpaired) electrons. The van der Waals surface area contributed by atoms with Gasteiger partial charge in [0, 0.05) is 41.7 Å². The van der Waals surface area contributed by atoms with E-state index in [-0.39, 0.29) is 11.3 Å². The van der Waals surface area contributed by atoms with Crippen LogP contribution in [0.25, 0.3) is 6.08 Å². The predicted molar refractivity (Wildman–Crippen MR) is 108 cm³/mol. The lowest BCUT2D eigenvalue weighted by Crippen LogP contribution is -2.41. The Bertz CT molecular complexity index is 994. The maximum Gasteiger partial charge on any atom is 0.348 e. The van der Waals surface area contributed by atoms with E-state index in [9.17, 15) is 19.7 Å². The first-order valence-electron chi connectivity index (χ1n) is 8.49. The quantitative estimate of drug-likeness (QED) is 0.167. The molecule has 29 heavy (non-hydrogen) atoms. The van der Waals surface area contributed by atoms with Crippen LogP contribution in [-0.2, 0) is 24.8 Å². The van der Waals surface area contributed by atoms with Gasteiger partial charge in [0.25, 0.3) is 11.5 Å².